The maximum atomic E-state index is 12.6. The van der Waals surface area contributed by atoms with Gasteiger partial charge in [-0.2, -0.15) is 5.26 Å². The van der Waals surface area contributed by atoms with Gasteiger partial charge in [0.1, 0.15) is 17.4 Å². The van der Waals surface area contributed by atoms with Crippen molar-refractivity contribution in [3.8, 4) is 17.6 Å². The molecular weight excluding hydrogens is 308 g/mol. The van der Waals surface area contributed by atoms with E-state index in [0.29, 0.717) is 41.2 Å². The van der Waals surface area contributed by atoms with E-state index >= 15 is 0 Å². The molecule has 0 bridgehead atoms. The minimum atomic E-state index is -0.600. The lowest BCUT2D eigenvalue weighted by Crippen LogP contribution is -2.27. The zero-order valence-electron chi connectivity index (χ0n) is 13.6. The summed E-state index contributed by atoms with van der Waals surface area (Å²) in [6.07, 6.45) is 1.78. The summed E-state index contributed by atoms with van der Waals surface area (Å²) < 4.78 is 16.4. The lowest BCUT2D eigenvalue weighted by atomic mass is 9.77. The van der Waals surface area contributed by atoms with Gasteiger partial charge >= 0.3 is 0 Å². The van der Waals surface area contributed by atoms with E-state index in [1.807, 2.05) is 6.07 Å². The average molecular weight is 326 g/mol. The van der Waals surface area contributed by atoms with Crippen LogP contribution >= 0.6 is 0 Å². The number of nitrogens with zero attached hydrogens (tertiary/aromatic N) is 1. The molecule has 0 spiro atoms. The first-order valence-corrected chi connectivity index (χ1v) is 7.67. The van der Waals surface area contributed by atoms with Crippen molar-refractivity contribution in [1.82, 2.24) is 0 Å². The molecule has 0 radical (unpaired) electrons. The number of methoxy groups -OCH3 is 2. The van der Waals surface area contributed by atoms with E-state index < -0.39 is 5.92 Å². The van der Waals surface area contributed by atoms with E-state index in [0.717, 1.165) is 6.42 Å². The van der Waals surface area contributed by atoms with Gasteiger partial charge in [-0.15, -0.1) is 0 Å². The second-order valence-electron chi connectivity index (χ2n) is 5.62. The Hall–Kier alpha value is -2.94. The third kappa shape index (κ3) is 2.38. The molecule has 6 nitrogen and oxygen atoms in total. The van der Waals surface area contributed by atoms with Crippen molar-refractivity contribution < 1.29 is 19.0 Å². The molecule has 3 rings (SSSR count). The summed E-state index contributed by atoms with van der Waals surface area (Å²) in [5, 5.41) is 9.59. The highest BCUT2D eigenvalue weighted by atomic mass is 16.5. The van der Waals surface area contributed by atoms with Gasteiger partial charge in [-0.3, -0.25) is 4.79 Å². The quantitative estimate of drug-likeness (QED) is 0.917. The number of nitriles is 1. The Balaban J connectivity index is 2.26. The second kappa shape index (κ2) is 6.28. The van der Waals surface area contributed by atoms with Gasteiger partial charge in [0.05, 0.1) is 20.1 Å². The van der Waals surface area contributed by atoms with Crippen LogP contribution in [0, 0.1) is 11.3 Å². The van der Waals surface area contributed by atoms with Crippen molar-refractivity contribution in [2.45, 2.75) is 25.2 Å². The molecule has 124 valence electrons. The number of carbonyl (C=O) groups is 1. The summed E-state index contributed by atoms with van der Waals surface area (Å²) in [5.74, 6) is 0.988. The number of benzene rings is 1. The van der Waals surface area contributed by atoms with E-state index in [2.05, 4.69) is 6.07 Å². The normalized spacial score (nSPS) is 20.2. The van der Waals surface area contributed by atoms with Crippen LogP contribution in [0.15, 0.2) is 41.0 Å². The summed E-state index contributed by atoms with van der Waals surface area (Å²) in [7, 11) is 3.06. The highest BCUT2D eigenvalue weighted by Crippen LogP contribution is 2.47. The minimum Gasteiger partial charge on any atom is -0.493 e. The topological polar surface area (TPSA) is 94.6 Å². The van der Waals surface area contributed by atoms with Gasteiger partial charge in [0, 0.05) is 24.0 Å². The predicted molar refractivity (Wildman–Crippen MR) is 86.1 cm³/mol. The number of hydrogen-bond donors (Lipinski definition) is 1. The Bertz CT molecular complexity index is 802. The largest absolute Gasteiger partial charge is 0.493 e. The first-order chi connectivity index (χ1) is 11.6. The van der Waals surface area contributed by atoms with Gasteiger partial charge in [-0.1, -0.05) is 12.1 Å². The van der Waals surface area contributed by atoms with Crippen molar-refractivity contribution in [2.75, 3.05) is 14.2 Å². The maximum Gasteiger partial charge on any atom is 0.205 e. The van der Waals surface area contributed by atoms with Crippen LogP contribution in [0.2, 0.25) is 0 Å². The number of Topliss-reactive ketones (excluding diaryl/α,β-unsaturated/α-hetero) is 1. The number of carbonyl (C=O) groups excluding carboxylic acids is 1. The number of allylic oxidation sites excluding steroid dienone is 3. The number of ether oxygens (including phenoxy) is 3. The van der Waals surface area contributed by atoms with E-state index in [9.17, 15) is 10.1 Å². The summed E-state index contributed by atoms with van der Waals surface area (Å²) >= 11 is 0. The molecule has 6 heteroatoms. The van der Waals surface area contributed by atoms with Crippen molar-refractivity contribution in [1.29, 1.82) is 5.26 Å². The summed E-state index contributed by atoms with van der Waals surface area (Å²) in [4.78, 5) is 12.6. The fourth-order valence-electron chi connectivity index (χ4n) is 3.31. The van der Waals surface area contributed by atoms with E-state index in [4.69, 9.17) is 19.9 Å². The van der Waals surface area contributed by atoms with Gasteiger partial charge in [-0.05, 0) is 12.5 Å². The molecule has 0 amide bonds. The Kier molecular flexibility index (Phi) is 4.17. The zero-order chi connectivity index (χ0) is 17.3. The van der Waals surface area contributed by atoms with Gasteiger partial charge in [-0.25, -0.2) is 0 Å². The van der Waals surface area contributed by atoms with Crippen LogP contribution in [-0.2, 0) is 9.53 Å². The SMILES string of the molecule is COc1cccc([C@H]2C(C#N)=C(N)OC3=C2C(=O)CCC3)c1OC. The summed E-state index contributed by atoms with van der Waals surface area (Å²) in [6, 6.07) is 7.46. The summed E-state index contributed by atoms with van der Waals surface area (Å²) in [6.45, 7) is 0. The molecule has 1 aromatic rings. The molecule has 1 aliphatic heterocycles. The predicted octanol–water partition coefficient (Wildman–Crippen LogP) is 2.52. The van der Waals surface area contributed by atoms with Gasteiger partial charge in [0.15, 0.2) is 17.3 Å². The number of rotatable bonds is 3. The van der Waals surface area contributed by atoms with Crippen molar-refractivity contribution in [2.24, 2.45) is 5.73 Å². The van der Waals surface area contributed by atoms with E-state index in [-0.39, 0.29) is 17.2 Å². The number of hydrogen-bond acceptors (Lipinski definition) is 6. The van der Waals surface area contributed by atoms with E-state index in [1.54, 1.807) is 12.1 Å². The molecule has 1 aliphatic carbocycles. The molecule has 0 unspecified atom stereocenters. The average Bonchev–Trinajstić information content (AvgIpc) is 2.59. The third-order valence-corrected chi connectivity index (χ3v) is 4.35. The Labute approximate surface area is 140 Å². The van der Waals surface area contributed by atoms with Crippen LogP contribution in [0.5, 0.6) is 11.5 Å². The lowest BCUT2D eigenvalue weighted by Gasteiger charge is -2.31. The number of para-hydroxylation sites is 1. The first-order valence-electron chi connectivity index (χ1n) is 7.67. The highest BCUT2D eigenvalue weighted by molar-refractivity contribution is 5.99. The Morgan fingerprint density at radius 3 is 2.75 bits per heavy atom. The van der Waals surface area contributed by atoms with Crippen LogP contribution in [-0.4, -0.2) is 20.0 Å². The van der Waals surface area contributed by atoms with Crippen LogP contribution in [0.4, 0.5) is 0 Å². The van der Waals surface area contributed by atoms with Crippen LogP contribution in [0.3, 0.4) is 0 Å². The molecule has 2 aliphatic rings. The molecule has 24 heavy (non-hydrogen) atoms. The van der Waals surface area contributed by atoms with Gasteiger partial charge in [0.2, 0.25) is 5.88 Å². The molecule has 2 N–H and O–H groups in total. The standard InChI is InChI=1S/C18H18N2O4/c1-22-14-8-3-5-10(17(14)23-2)15-11(9-19)18(20)24-13-7-4-6-12(21)16(13)15/h3,5,8,15H,4,6-7,20H2,1-2H3/t15-/m0/s1. The van der Waals surface area contributed by atoms with Crippen molar-refractivity contribution >= 4 is 5.78 Å². The molecule has 1 heterocycles. The molecule has 0 saturated carbocycles. The molecule has 0 saturated heterocycles. The molecular formula is C18H18N2O4. The smallest absolute Gasteiger partial charge is 0.205 e. The molecule has 1 atom stereocenters. The van der Waals surface area contributed by atoms with Crippen molar-refractivity contribution in [3.05, 3.63) is 46.6 Å². The highest BCUT2D eigenvalue weighted by Gasteiger charge is 2.39. The van der Waals surface area contributed by atoms with Crippen molar-refractivity contribution in [3.63, 3.8) is 0 Å². The Morgan fingerprint density at radius 2 is 2.08 bits per heavy atom. The second-order valence-corrected chi connectivity index (χ2v) is 5.62. The van der Waals surface area contributed by atoms with Gasteiger partial charge < -0.3 is 19.9 Å². The fourth-order valence-corrected chi connectivity index (χ4v) is 3.31. The molecule has 1 aromatic carbocycles. The maximum absolute atomic E-state index is 12.6. The minimum absolute atomic E-state index is 0.0219. The monoisotopic (exact) mass is 326 g/mol. The fraction of sp³-hybridized carbons (Fsp3) is 0.333. The molecule has 0 fully saturated rings. The zero-order valence-corrected chi connectivity index (χ0v) is 13.6. The molecule has 0 aromatic heterocycles. The first kappa shape index (κ1) is 15.9. The third-order valence-electron chi connectivity index (χ3n) is 4.35. The van der Waals surface area contributed by atoms with Crippen LogP contribution in [0.25, 0.3) is 0 Å². The lowest BCUT2D eigenvalue weighted by molar-refractivity contribution is -0.116. The number of nitrogens with two attached hydrogens (primary N) is 1. The Morgan fingerprint density at radius 1 is 1.29 bits per heavy atom. The summed E-state index contributed by atoms with van der Waals surface area (Å²) in [5.41, 5.74) is 7.33. The number of ketones is 1. The van der Waals surface area contributed by atoms with Crippen LogP contribution < -0.4 is 15.2 Å². The van der Waals surface area contributed by atoms with Crippen LogP contribution in [0.1, 0.15) is 30.7 Å². The van der Waals surface area contributed by atoms with Gasteiger partial charge in [0.25, 0.3) is 0 Å². The van der Waals surface area contributed by atoms with E-state index in [1.165, 1.54) is 14.2 Å².